The number of hydrogen-bond donors (Lipinski definition) is 1. The van der Waals surface area contributed by atoms with E-state index in [2.05, 4.69) is 40.7 Å². The van der Waals surface area contributed by atoms with Gasteiger partial charge >= 0.3 is 0 Å². The Bertz CT molecular complexity index is 510. The summed E-state index contributed by atoms with van der Waals surface area (Å²) in [5.41, 5.74) is 2.30. The average molecular weight is 221 g/mol. The fourth-order valence-electron chi connectivity index (χ4n) is 1.63. The number of aromatic amines is 1. The minimum Gasteiger partial charge on any atom is -0.331 e. The van der Waals surface area contributed by atoms with Gasteiger partial charge in [0.25, 0.3) is 0 Å². The van der Waals surface area contributed by atoms with E-state index < -0.39 is 0 Å². The zero-order valence-electron chi connectivity index (χ0n) is 9.03. The summed E-state index contributed by atoms with van der Waals surface area (Å²) < 4.78 is 2.95. The molecule has 0 aliphatic rings. The second kappa shape index (κ2) is 4.16. The lowest BCUT2D eigenvalue weighted by molar-refractivity contribution is 0.385. The van der Waals surface area contributed by atoms with Crippen molar-refractivity contribution >= 4 is 23.3 Å². The Morgan fingerprint density at radius 1 is 1.33 bits per heavy atom. The van der Waals surface area contributed by atoms with E-state index in [1.807, 2.05) is 12.1 Å². The van der Waals surface area contributed by atoms with Crippen LogP contribution >= 0.6 is 12.2 Å². The van der Waals surface area contributed by atoms with E-state index >= 15 is 0 Å². The maximum Gasteiger partial charge on any atom is 0.178 e. The summed E-state index contributed by atoms with van der Waals surface area (Å²) in [6.07, 6.45) is 0. The summed E-state index contributed by atoms with van der Waals surface area (Å²) in [5, 5.41) is 0. The first-order valence-electron chi connectivity index (χ1n) is 5.01. The van der Waals surface area contributed by atoms with Crippen molar-refractivity contribution in [1.29, 1.82) is 0 Å². The first kappa shape index (κ1) is 10.4. The fraction of sp³-hybridized carbons (Fsp3) is 0.364. The third-order valence-corrected chi connectivity index (χ3v) is 2.77. The molecule has 15 heavy (non-hydrogen) atoms. The van der Waals surface area contributed by atoms with E-state index in [1.54, 1.807) is 0 Å². The molecule has 2 rings (SSSR count). The quantitative estimate of drug-likeness (QED) is 0.804. The van der Waals surface area contributed by atoms with Crippen LogP contribution in [0.4, 0.5) is 0 Å². The van der Waals surface area contributed by atoms with Crippen molar-refractivity contribution in [2.45, 2.75) is 6.54 Å². The molecule has 0 saturated heterocycles. The topological polar surface area (TPSA) is 24.0 Å². The number of fused-ring (bicyclic) bond motifs is 1. The second-order valence-corrected chi connectivity index (χ2v) is 4.29. The van der Waals surface area contributed by atoms with Crippen molar-refractivity contribution in [3.63, 3.8) is 0 Å². The Morgan fingerprint density at radius 2 is 2.07 bits per heavy atom. The molecule has 0 radical (unpaired) electrons. The normalized spacial score (nSPS) is 11.4. The number of benzene rings is 1. The van der Waals surface area contributed by atoms with Crippen LogP contribution < -0.4 is 0 Å². The molecule has 1 heterocycles. The van der Waals surface area contributed by atoms with Gasteiger partial charge in [-0.1, -0.05) is 12.1 Å². The predicted octanol–water partition coefficient (Wildman–Crippen LogP) is 2.26. The first-order chi connectivity index (χ1) is 7.18. The summed E-state index contributed by atoms with van der Waals surface area (Å²) in [7, 11) is 4.14. The molecule has 4 heteroatoms. The van der Waals surface area contributed by atoms with Gasteiger partial charge in [-0.3, -0.25) is 0 Å². The SMILES string of the molecule is CN(C)CCn1c(=S)[nH]c2ccccc21. The highest BCUT2D eigenvalue weighted by atomic mass is 32.1. The van der Waals surface area contributed by atoms with Gasteiger partial charge in [0, 0.05) is 13.1 Å². The maximum absolute atomic E-state index is 5.29. The number of rotatable bonds is 3. The molecule has 0 fully saturated rings. The molecule has 2 aromatic rings. The van der Waals surface area contributed by atoms with Crippen LogP contribution in [-0.4, -0.2) is 35.1 Å². The number of para-hydroxylation sites is 2. The predicted molar refractivity (Wildman–Crippen MR) is 65.7 cm³/mol. The van der Waals surface area contributed by atoms with E-state index in [-0.39, 0.29) is 0 Å². The monoisotopic (exact) mass is 221 g/mol. The molecule has 1 N–H and O–H groups in total. The van der Waals surface area contributed by atoms with Gasteiger partial charge in [-0.15, -0.1) is 0 Å². The lowest BCUT2D eigenvalue weighted by Gasteiger charge is -2.10. The largest absolute Gasteiger partial charge is 0.331 e. The number of H-pyrrole nitrogens is 1. The molecule has 0 aliphatic heterocycles. The highest BCUT2D eigenvalue weighted by Crippen LogP contribution is 2.12. The Balaban J connectivity index is 2.41. The standard InChI is InChI=1S/C11H15N3S/c1-13(2)7-8-14-10-6-4-3-5-9(10)12-11(14)15/h3-6H,7-8H2,1-2H3,(H,12,15). The van der Waals surface area contributed by atoms with Crippen molar-refractivity contribution < 1.29 is 0 Å². The van der Waals surface area contributed by atoms with Crippen LogP contribution in [0.2, 0.25) is 0 Å². The van der Waals surface area contributed by atoms with Crippen LogP contribution in [-0.2, 0) is 6.54 Å². The average Bonchev–Trinajstić information content (AvgIpc) is 2.50. The number of aromatic nitrogens is 2. The van der Waals surface area contributed by atoms with Gasteiger partial charge in [0.15, 0.2) is 4.77 Å². The van der Waals surface area contributed by atoms with Crippen LogP contribution in [0, 0.1) is 4.77 Å². The molecule has 0 atom stereocenters. The van der Waals surface area contributed by atoms with Crippen molar-refractivity contribution in [2.24, 2.45) is 0 Å². The Hall–Kier alpha value is -1.13. The van der Waals surface area contributed by atoms with Crippen molar-refractivity contribution in [2.75, 3.05) is 20.6 Å². The third kappa shape index (κ3) is 2.11. The maximum atomic E-state index is 5.29. The van der Waals surface area contributed by atoms with Gasteiger partial charge in [0.1, 0.15) is 0 Å². The molecule has 3 nitrogen and oxygen atoms in total. The molecule has 1 aromatic carbocycles. The number of imidazole rings is 1. The number of nitrogens with one attached hydrogen (secondary N) is 1. The highest BCUT2D eigenvalue weighted by molar-refractivity contribution is 7.71. The Labute approximate surface area is 94.3 Å². The van der Waals surface area contributed by atoms with E-state index in [9.17, 15) is 0 Å². The summed E-state index contributed by atoms with van der Waals surface area (Å²) in [6, 6.07) is 8.20. The second-order valence-electron chi connectivity index (χ2n) is 3.90. The molecule has 0 amide bonds. The number of nitrogens with zero attached hydrogens (tertiary/aromatic N) is 2. The third-order valence-electron chi connectivity index (χ3n) is 2.45. The van der Waals surface area contributed by atoms with Crippen LogP contribution in [0.15, 0.2) is 24.3 Å². The van der Waals surface area contributed by atoms with Gasteiger partial charge in [0.05, 0.1) is 11.0 Å². The van der Waals surface area contributed by atoms with Crippen molar-refractivity contribution in [3.8, 4) is 0 Å². The minimum absolute atomic E-state index is 0.804. The minimum atomic E-state index is 0.804. The zero-order valence-corrected chi connectivity index (χ0v) is 9.84. The van der Waals surface area contributed by atoms with Crippen molar-refractivity contribution in [1.82, 2.24) is 14.5 Å². The van der Waals surface area contributed by atoms with Gasteiger partial charge in [-0.25, -0.2) is 0 Å². The van der Waals surface area contributed by atoms with Crippen molar-refractivity contribution in [3.05, 3.63) is 29.0 Å². The molecular weight excluding hydrogens is 206 g/mol. The molecular formula is C11H15N3S. The smallest absolute Gasteiger partial charge is 0.178 e. The lowest BCUT2D eigenvalue weighted by atomic mass is 10.3. The van der Waals surface area contributed by atoms with Gasteiger partial charge < -0.3 is 14.5 Å². The molecule has 1 aromatic heterocycles. The summed E-state index contributed by atoms with van der Waals surface area (Å²) in [6.45, 7) is 1.92. The number of hydrogen-bond acceptors (Lipinski definition) is 2. The van der Waals surface area contributed by atoms with Gasteiger partial charge in [-0.2, -0.15) is 0 Å². The zero-order chi connectivity index (χ0) is 10.8. The van der Waals surface area contributed by atoms with E-state index in [0.717, 1.165) is 23.4 Å². The first-order valence-corrected chi connectivity index (χ1v) is 5.41. The highest BCUT2D eigenvalue weighted by Gasteiger charge is 2.02. The molecule has 0 spiro atoms. The Kier molecular flexibility index (Phi) is 2.88. The van der Waals surface area contributed by atoms with Crippen LogP contribution in [0.5, 0.6) is 0 Å². The molecule has 0 aliphatic carbocycles. The van der Waals surface area contributed by atoms with Crippen LogP contribution in [0.3, 0.4) is 0 Å². The van der Waals surface area contributed by atoms with E-state index in [4.69, 9.17) is 12.2 Å². The molecule has 0 saturated carbocycles. The Morgan fingerprint density at radius 3 is 2.80 bits per heavy atom. The van der Waals surface area contributed by atoms with Gasteiger partial charge in [0.2, 0.25) is 0 Å². The summed E-state index contributed by atoms with van der Waals surface area (Å²) >= 11 is 5.29. The number of likely N-dealkylation sites (N-methyl/N-ethyl adjacent to an activating group) is 1. The van der Waals surface area contributed by atoms with Gasteiger partial charge in [-0.05, 0) is 38.4 Å². The van der Waals surface area contributed by atoms with Crippen LogP contribution in [0.25, 0.3) is 11.0 Å². The lowest BCUT2D eigenvalue weighted by Crippen LogP contribution is -2.18. The summed E-state index contributed by atoms with van der Waals surface area (Å²) in [4.78, 5) is 5.37. The van der Waals surface area contributed by atoms with Crippen LogP contribution in [0.1, 0.15) is 0 Å². The molecule has 0 unspecified atom stereocenters. The fourth-order valence-corrected chi connectivity index (χ4v) is 1.93. The molecule has 80 valence electrons. The molecule has 0 bridgehead atoms. The van der Waals surface area contributed by atoms with E-state index in [0.29, 0.717) is 0 Å². The van der Waals surface area contributed by atoms with E-state index in [1.165, 1.54) is 5.52 Å². The summed E-state index contributed by atoms with van der Waals surface area (Å²) in [5.74, 6) is 0.